The number of amides is 1. The number of ether oxygens (including phenoxy) is 2. The molecular weight excluding hydrogens is 362 g/mol. The van der Waals surface area contributed by atoms with Crippen molar-refractivity contribution < 1.29 is 14.3 Å². The van der Waals surface area contributed by atoms with Gasteiger partial charge in [-0.15, -0.1) is 0 Å². The van der Waals surface area contributed by atoms with Crippen molar-refractivity contribution in [2.45, 2.75) is 26.8 Å². The minimum Gasteiger partial charge on any atom is -0.492 e. The van der Waals surface area contributed by atoms with Gasteiger partial charge in [-0.25, -0.2) is 0 Å². The van der Waals surface area contributed by atoms with E-state index in [1.807, 2.05) is 50.2 Å². The van der Waals surface area contributed by atoms with Crippen LogP contribution in [0.5, 0.6) is 17.2 Å². The highest BCUT2D eigenvalue weighted by Gasteiger charge is 2.09. The predicted octanol–water partition coefficient (Wildman–Crippen LogP) is 5.88. The van der Waals surface area contributed by atoms with Crippen LogP contribution in [-0.4, -0.2) is 12.5 Å². The quantitative estimate of drug-likeness (QED) is 0.578. The maximum Gasteiger partial charge on any atom is 0.217 e. The number of nitrogens with one attached hydrogen (secondary N) is 1. The zero-order chi connectivity index (χ0) is 19.4. The Kier molecular flexibility index (Phi) is 5.87. The third kappa shape index (κ3) is 4.72. The van der Waals surface area contributed by atoms with Gasteiger partial charge in [0.1, 0.15) is 17.2 Å². The van der Waals surface area contributed by atoms with E-state index in [9.17, 15) is 4.79 Å². The molecule has 1 amide bonds. The van der Waals surface area contributed by atoms with Gasteiger partial charge in [-0.3, -0.25) is 4.79 Å². The van der Waals surface area contributed by atoms with Crippen LogP contribution in [0.15, 0.2) is 54.6 Å². The van der Waals surface area contributed by atoms with Gasteiger partial charge in [0, 0.05) is 13.0 Å². The maximum absolute atomic E-state index is 11.2. The fraction of sp³-hybridized carbons (Fsp3) is 0.227. The minimum atomic E-state index is -0.0413. The Morgan fingerprint density at radius 2 is 1.70 bits per heavy atom. The molecule has 0 saturated carbocycles. The molecule has 3 rings (SSSR count). The average Bonchev–Trinajstić information content (AvgIpc) is 2.63. The number of halogens is 1. The molecule has 1 atom stereocenters. The molecule has 1 unspecified atom stereocenters. The standard InChI is InChI=1S/C22H22ClNO3/c1-4-26-22-10-9-20(13-21(22)23)27-19-8-7-17-11-16(5-6-18(17)12-19)14(2)24-15(3)25/h5-14H,4H2,1-3H3,(H,24,25). The maximum atomic E-state index is 11.2. The largest absolute Gasteiger partial charge is 0.492 e. The second-order valence-corrected chi connectivity index (χ2v) is 6.73. The summed E-state index contributed by atoms with van der Waals surface area (Å²) >= 11 is 6.22. The first kappa shape index (κ1) is 19.1. The Morgan fingerprint density at radius 1 is 1.04 bits per heavy atom. The van der Waals surface area contributed by atoms with E-state index >= 15 is 0 Å². The first-order valence-corrected chi connectivity index (χ1v) is 9.25. The predicted molar refractivity (Wildman–Crippen MR) is 109 cm³/mol. The van der Waals surface area contributed by atoms with Gasteiger partial charge in [-0.05, 0) is 60.5 Å². The van der Waals surface area contributed by atoms with Crippen molar-refractivity contribution in [2.24, 2.45) is 0 Å². The van der Waals surface area contributed by atoms with E-state index in [2.05, 4.69) is 11.4 Å². The molecule has 0 radical (unpaired) electrons. The van der Waals surface area contributed by atoms with Crippen LogP contribution in [0.25, 0.3) is 10.8 Å². The van der Waals surface area contributed by atoms with Gasteiger partial charge < -0.3 is 14.8 Å². The van der Waals surface area contributed by atoms with Crippen LogP contribution in [0.4, 0.5) is 0 Å². The number of fused-ring (bicyclic) bond motifs is 1. The fourth-order valence-electron chi connectivity index (χ4n) is 2.92. The second kappa shape index (κ2) is 8.31. The molecule has 0 aliphatic rings. The summed E-state index contributed by atoms with van der Waals surface area (Å²) in [6, 6.07) is 17.4. The van der Waals surface area contributed by atoms with Crippen LogP contribution >= 0.6 is 11.6 Å². The highest BCUT2D eigenvalue weighted by Crippen LogP contribution is 2.32. The summed E-state index contributed by atoms with van der Waals surface area (Å²) in [6.45, 7) is 5.97. The van der Waals surface area contributed by atoms with Crippen molar-refractivity contribution in [3.8, 4) is 17.2 Å². The molecule has 5 heteroatoms. The molecule has 4 nitrogen and oxygen atoms in total. The molecular formula is C22H22ClNO3. The Hall–Kier alpha value is -2.72. The lowest BCUT2D eigenvalue weighted by Crippen LogP contribution is -2.23. The molecule has 0 heterocycles. The van der Waals surface area contributed by atoms with Crippen molar-refractivity contribution in [3.05, 3.63) is 65.2 Å². The zero-order valence-electron chi connectivity index (χ0n) is 15.6. The average molecular weight is 384 g/mol. The number of benzene rings is 3. The van der Waals surface area contributed by atoms with E-state index in [1.165, 1.54) is 6.92 Å². The molecule has 0 aromatic heterocycles. The Morgan fingerprint density at radius 3 is 2.41 bits per heavy atom. The number of hydrogen-bond acceptors (Lipinski definition) is 3. The lowest BCUT2D eigenvalue weighted by molar-refractivity contribution is -0.119. The van der Waals surface area contributed by atoms with Crippen LogP contribution in [-0.2, 0) is 4.79 Å². The van der Waals surface area contributed by atoms with Crippen molar-refractivity contribution in [3.63, 3.8) is 0 Å². The fourth-order valence-corrected chi connectivity index (χ4v) is 3.14. The van der Waals surface area contributed by atoms with Gasteiger partial charge >= 0.3 is 0 Å². The van der Waals surface area contributed by atoms with E-state index in [0.29, 0.717) is 23.1 Å². The van der Waals surface area contributed by atoms with Gasteiger partial charge in [0.05, 0.1) is 17.7 Å². The Balaban J connectivity index is 1.80. The lowest BCUT2D eigenvalue weighted by atomic mass is 10.0. The second-order valence-electron chi connectivity index (χ2n) is 6.32. The van der Waals surface area contributed by atoms with Crippen molar-refractivity contribution >= 4 is 28.3 Å². The molecule has 1 N–H and O–H groups in total. The Labute approximate surface area is 164 Å². The van der Waals surface area contributed by atoms with Crippen LogP contribution in [0, 0.1) is 0 Å². The summed E-state index contributed by atoms with van der Waals surface area (Å²) in [5, 5.41) is 5.56. The molecule has 27 heavy (non-hydrogen) atoms. The van der Waals surface area contributed by atoms with E-state index in [0.717, 1.165) is 22.1 Å². The molecule has 0 aliphatic heterocycles. The van der Waals surface area contributed by atoms with E-state index in [4.69, 9.17) is 21.1 Å². The highest BCUT2D eigenvalue weighted by atomic mass is 35.5. The van der Waals surface area contributed by atoms with Gasteiger partial charge in [-0.2, -0.15) is 0 Å². The first-order chi connectivity index (χ1) is 13.0. The lowest BCUT2D eigenvalue weighted by Gasteiger charge is -2.14. The first-order valence-electron chi connectivity index (χ1n) is 8.87. The Bertz CT molecular complexity index is 971. The summed E-state index contributed by atoms with van der Waals surface area (Å²) in [5.74, 6) is 1.98. The van der Waals surface area contributed by atoms with Crippen LogP contribution in [0.2, 0.25) is 5.02 Å². The molecule has 0 aliphatic carbocycles. The van der Waals surface area contributed by atoms with Crippen LogP contribution in [0.1, 0.15) is 32.4 Å². The van der Waals surface area contributed by atoms with Crippen molar-refractivity contribution in [1.29, 1.82) is 0 Å². The third-order valence-corrected chi connectivity index (χ3v) is 4.49. The summed E-state index contributed by atoms with van der Waals surface area (Å²) in [7, 11) is 0. The van der Waals surface area contributed by atoms with Gasteiger partial charge in [0.2, 0.25) is 5.91 Å². The van der Waals surface area contributed by atoms with E-state index < -0.39 is 0 Å². The normalized spacial score (nSPS) is 11.9. The minimum absolute atomic E-state index is 0.0335. The SMILES string of the molecule is CCOc1ccc(Oc2ccc3cc(C(C)NC(C)=O)ccc3c2)cc1Cl. The topological polar surface area (TPSA) is 47.6 Å². The van der Waals surface area contributed by atoms with Crippen LogP contribution in [0.3, 0.4) is 0 Å². The van der Waals surface area contributed by atoms with E-state index in [-0.39, 0.29) is 11.9 Å². The van der Waals surface area contributed by atoms with Gasteiger partial charge in [-0.1, -0.05) is 29.8 Å². The molecule has 0 bridgehead atoms. The molecule has 3 aromatic carbocycles. The van der Waals surface area contributed by atoms with Crippen LogP contribution < -0.4 is 14.8 Å². The summed E-state index contributed by atoms with van der Waals surface area (Å²) in [6.07, 6.45) is 0. The monoisotopic (exact) mass is 383 g/mol. The zero-order valence-corrected chi connectivity index (χ0v) is 16.3. The summed E-state index contributed by atoms with van der Waals surface area (Å²) < 4.78 is 11.4. The third-order valence-electron chi connectivity index (χ3n) is 4.19. The number of hydrogen-bond donors (Lipinski definition) is 1. The summed E-state index contributed by atoms with van der Waals surface area (Å²) in [5.41, 5.74) is 1.06. The summed E-state index contributed by atoms with van der Waals surface area (Å²) in [4.78, 5) is 11.2. The van der Waals surface area contributed by atoms with Gasteiger partial charge in [0.25, 0.3) is 0 Å². The number of carbonyl (C=O) groups excluding carboxylic acids is 1. The number of carbonyl (C=O) groups is 1. The number of rotatable bonds is 6. The molecule has 140 valence electrons. The van der Waals surface area contributed by atoms with E-state index in [1.54, 1.807) is 12.1 Å². The molecule has 0 spiro atoms. The van der Waals surface area contributed by atoms with Crippen molar-refractivity contribution in [1.82, 2.24) is 5.32 Å². The van der Waals surface area contributed by atoms with Crippen molar-refractivity contribution in [2.75, 3.05) is 6.61 Å². The molecule has 3 aromatic rings. The molecule has 0 fully saturated rings. The smallest absolute Gasteiger partial charge is 0.217 e. The highest BCUT2D eigenvalue weighted by molar-refractivity contribution is 6.32. The van der Waals surface area contributed by atoms with Gasteiger partial charge in [0.15, 0.2) is 0 Å². The molecule has 0 saturated heterocycles.